The van der Waals surface area contributed by atoms with E-state index >= 15 is 0 Å². The topological polar surface area (TPSA) is 0 Å². The van der Waals surface area contributed by atoms with Gasteiger partial charge in [-0.05, 0) is 24.0 Å². The van der Waals surface area contributed by atoms with Gasteiger partial charge < -0.3 is 24.0 Å². The van der Waals surface area contributed by atoms with Gasteiger partial charge in [-0.25, -0.2) is 0 Å². The van der Waals surface area contributed by atoms with Gasteiger partial charge in [0.2, 0.25) is 0 Å². The molecule has 0 fully saturated rings. The lowest BCUT2D eigenvalue weighted by Crippen LogP contribution is -3.00. The van der Waals surface area contributed by atoms with Crippen LogP contribution in [0.5, 0.6) is 0 Å². The number of benzene rings is 2. The number of unbranched alkanes of at least 4 members (excludes halogenated alkanes) is 2. The molecule has 2 rings (SSSR count). The van der Waals surface area contributed by atoms with Crippen molar-refractivity contribution in [3.63, 3.8) is 0 Å². The van der Waals surface area contributed by atoms with Gasteiger partial charge in [-0.15, -0.1) is 0 Å². The quantitative estimate of drug-likeness (QED) is 0.376. The number of halogens is 1. The third-order valence-electron chi connectivity index (χ3n) is 4.69. The summed E-state index contributed by atoms with van der Waals surface area (Å²) in [6.45, 7) is 4.67. The molecule has 0 aliphatic heterocycles. The summed E-state index contributed by atoms with van der Waals surface area (Å²) in [6, 6.07) is 22.4. The van der Waals surface area contributed by atoms with E-state index in [1.54, 1.807) is 11.1 Å². The molecule has 2 heteroatoms. The van der Waals surface area contributed by atoms with Crippen molar-refractivity contribution in [1.82, 2.24) is 0 Å². The highest BCUT2D eigenvalue weighted by Crippen LogP contribution is 2.65. The highest BCUT2D eigenvalue weighted by atomic mass is 127. The molecule has 24 heavy (non-hydrogen) atoms. The molecule has 0 N–H and O–H groups in total. The van der Waals surface area contributed by atoms with Crippen LogP contribution in [-0.2, 0) is 12.3 Å². The van der Waals surface area contributed by atoms with Crippen LogP contribution in [0.3, 0.4) is 0 Å². The van der Waals surface area contributed by atoms with Gasteiger partial charge >= 0.3 is 0 Å². The van der Waals surface area contributed by atoms with Crippen LogP contribution in [0.4, 0.5) is 0 Å². The smallest absolute Gasteiger partial charge is 0.0846 e. The molecule has 0 radical (unpaired) electrons. The van der Waals surface area contributed by atoms with Crippen LogP contribution in [0.25, 0.3) is 0 Å². The first-order valence-electron chi connectivity index (χ1n) is 9.21. The summed E-state index contributed by atoms with van der Waals surface area (Å²) in [5.74, 6) is 0. The lowest BCUT2D eigenvalue weighted by molar-refractivity contribution is -0.00000502. The number of hydrogen-bond acceptors (Lipinski definition) is 0. The molecular formula is C22H32IP. The molecule has 0 bridgehead atoms. The van der Waals surface area contributed by atoms with Crippen molar-refractivity contribution >= 4 is 7.26 Å². The molecule has 0 nitrogen and oxygen atoms in total. The largest absolute Gasteiger partial charge is 1.00 e. The van der Waals surface area contributed by atoms with E-state index in [0.717, 1.165) is 0 Å². The minimum Gasteiger partial charge on any atom is -1.00 e. The van der Waals surface area contributed by atoms with Crippen molar-refractivity contribution in [2.24, 2.45) is 0 Å². The normalized spacial score (nSPS) is 11.1. The van der Waals surface area contributed by atoms with Crippen molar-refractivity contribution < 1.29 is 24.0 Å². The minimum atomic E-state index is -0.973. The van der Waals surface area contributed by atoms with Crippen LogP contribution < -0.4 is 24.0 Å². The van der Waals surface area contributed by atoms with Gasteiger partial charge in [-0.3, -0.25) is 0 Å². The van der Waals surface area contributed by atoms with E-state index in [1.807, 2.05) is 0 Å². The zero-order chi connectivity index (χ0) is 16.4. The maximum atomic E-state index is 2.33. The van der Waals surface area contributed by atoms with Crippen LogP contribution in [0.15, 0.2) is 60.7 Å². The summed E-state index contributed by atoms with van der Waals surface area (Å²) in [5, 5.41) is 0. The zero-order valence-electron chi connectivity index (χ0n) is 15.3. The van der Waals surface area contributed by atoms with Crippen molar-refractivity contribution in [2.45, 2.75) is 51.9 Å². The molecular weight excluding hydrogens is 422 g/mol. The fourth-order valence-electron chi connectivity index (χ4n) is 3.41. The van der Waals surface area contributed by atoms with Crippen molar-refractivity contribution in [3.05, 3.63) is 71.8 Å². The highest BCUT2D eigenvalue weighted by Gasteiger charge is 2.36. The van der Waals surface area contributed by atoms with E-state index in [9.17, 15) is 0 Å². The lowest BCUT2D eigenvalue weighted by Gasteiger charge is -2.28. The lowest BCUT2D eigenvalue weighted by atomic mass is 10.2. The first-order chi connectivity index (χ1) is 11.3. The van der Waals surface area contributed by atoms with E-state index in [4.69, 9.17) is 0 Å². The second-order valence-electron chi connectivity index (χ2n) is 6.78. The first kappa shape index (κ1) is 21.6. The van der Waals surface area contributed by atoms with E-state index in [2.05, 4.69) is 74.5 Å². The van der Waals surface area contributed by atoms with E-state index in [-0.39, 0.29) is 24.0 Å². The Morgan fingerprint density at radius 1 is 0.625 bits per heavy atom. The van der Waals surface area contributed by atoms with Crippen LogP contribution in [0.1, 0.15) is 50.7 Å². The van der Waals surface area contributed by atoms with Crippen molar-refractivity contribution in [1.29, 1.82) is 0 Å². The summed E-state index contributed by atoms with van der Waals surface area (Å²) in [5.41, 5.74) is 3.09. The zero-order valence-corrected chi connectivity index (χ0v) is 18.3. The fourth-order valence-corrected chi connectivity index (χ4v) is 8.33. The van der Waals surface area contributed by atoms with Crippen LogP contribution >= 0.6 is 7.26 Å². The second-order valence-corrected chi connectivity index (χ2v) is 11.0. The van der Waals surface area contributed by atoms with Crippen LogP contribution in [-0.4, -0.2) is 12.3 Å². The minimum absolute atomic E-state index is 0. The predicted molar refractivity (Wildman–Crippen MR) is 107 cm³/mol. The fraction of sp³-hybridized carbons (Fsp3) is 0.455. The van der Waals surface area contributed by atoms with Gasteiger partial charge in [0.15, 0.2) is 0 Å². The Hall–Kier alpha value is -0.400. The first-order valence-corrected chi connectivity index (χ1v) is 11.7. The molecule has 0 aliphatic carbocycles. The molecule has 2 aromatic rings. The molecule has 0 unspecified atom stereocenters. The molecule has 0 atom stereocenters. The number of hydrogen-bond donors (Lipinski definition) is 0. The molecule has 0 aliphatic rings. The summed E-state index contributed by atoms with van der Waals surface area (Å²) < 4.78 is 0. The Labute approximate surface area is 166 Å². The van der Waals surface area contributed by atoms with Gasteiger partial charge in [0.05, 0.1) is 24.6 Å². The average molecular weight is 454 g/mol. The van der Waals surface area contributed by atoms with Gasteiger partial charge in [0.25, 0.3) is 0 Å². The number of rotatable bonds is 10. The van der Waals surface area contributed by atoms with Gasteiger partial charge in [-0.2, -0.15) is 0 Å². The standard InChI is InChI=1S/C22H32P.HI/c1-3-5-17-23(18-6-4-2,19-21-13-9-7-10-14-21)20-22-15-11-8-12-16-22;/h7-16H,3-6,17-20H2,1-2H3;1H/q+1;/p-1. The second kappa shape index (κ2) is 12.0. The summed E-state index contributed by atoms with van der Waals surface area (Å²) in [4.78, 5) is 0. The third kappa shape index (κ3) is 7.23. The van der Waals surface area contributed by atoms with Gasteiger partial charge in [0.1, 0.15) is 0 Å². The molecule has 0 saturated heterocycles. The SMILES string of the molecule is CCCC[P+](CCCC)(Cc1ccccc1)Cc1ccccc1.[I-]. The Bertz CT molecular complexity index is 487. The van der Waals surface area contributed by atoms with E-state index < -0.39 is 7.26 Å². The van der Waals surface area contributed by atoms with Gasteiger partial charge in [0, 0.05) is 7.26 Å². The average Bonchev–Trinajstić information content (AvgIpc) is 2.60. The Morgan fingerprint density at radius 2 is 1.00 bits per heavy atom. The monoisotopic (exact) mass is 454 g/mol. The Balaban J connectivity index is 0.00000288. The summed E-state index contributed by atoms with van der Waals surface area (Å²) in [7, 11) is -0.973. The van der Waals surface area contributed by atoms with E-state index in [1.165, 1.54) is 50.3 Å². The molecule has 0 saturated carbocycles. The molecule has 132 valence electrons. The third-order valence-corrected chi connectivity index (χ3v) is 9.30. The Kier molecular flexibility index (Phi) is 10.9. The van der Waals surface area contributed by atoms with Crippen LogP contribution in [0, 0.1) is 0 Å². The van der Waals surface area contributed by atoms with Crippen molar-refractivity contribution in [3.8, 4) is 0 Å². The molecule has 0 heterocycles. The predicted octanol–water partition coefficient (Wildman–Crippen LogP) is 4.01. The van der Waals surface area contributed by atoms with Crippen molar-refractivity contribution in [2.75, 3.05) is 12.3 Å². The molecule has 0 aromatic heterocycles. The van der Waals surface area contributed by atoms with Crippen LogP contribution in [0.2, 0.25) is 0 Å². The molecule has 0 amide bonds. The maximum absolute atomic E-state index is 2.33. The summed E-state index contributed by atoms with van der Waals surface area (Å²) in [6.07, 6.45) is 11.0. The summed E-state index contributed by atoms with van der Waals surface area (Å²) >= 11 is 0. The maximum Gasteiger partial charge on any atom is 0.0846 e. The molecule has 0 spiro atoms. The Morgan fingerprint density at radius 3 is 1.33 bits per heavy atom. The highest BCUT2D eigenvalue weighted by molar-refractivity contribution is 7.74. The molecule has 2 aromatic carbocycles. The van der Waals surface area contributed by atoms with Gasteiger partial charge in [-0.1, -0.05) is 87.4 Å². The van der Waals surface area contributed by atoms with E-state index in [0.29, 0.717) is 0 Å².